The number of hydrogen-bond donors (Lipinski definition) is 1. The molecule has 1 saturated carbocycles. The van der Waals surface area contributed by atoms with Crippen molar-refractivity contribution in [1.82, 2.24) is 10.2 Å². The third-order valence-electron chi connectivity index (χ3n) is 6.57. The van der Waals surface area contributed by atoms with E-state index in [1.807, 2.05) is 0 Å². The second kappa shape index (κ2) is 9.54. The van der Waals surface area contributed by atoms with Crippen LogP contribution in [-0.4, -0.2) is 57.2 Å². The van der Waals surface area contributed by atoms with Gasteiger partial charge in [0.2, 0.25) is 0 Å². The van der Waals surface area contributed by atoms with Crippen molar-refractivity contribution in [2.45, 2.75) is 56.9 Å². The van der Waals surface area contributed by atoms with Gasteiger partial charge in [-0.2, -0.15) is 0 Å². The summed E-state index contributed by atoms with van der Waals surface area (Å²) in [5, 5.41) is 3.02. The van der Waals surface area contributed by atoms with Crippen molar-refractivity contribution >= 4 is 22.2 Å². The minimum atomic E-state index is -3.15. The summed E-state index contributed by atoms with van der Waals surface area (Å²) in [6, 6.07) is 6.69. The molecule has 29 heavy (non-hydrogen) atoms. The van der Waals surface area contributed by atoms with Gasteiger partial charge in [-0.15, -0.1) is 12.4 Å². The zero-order valence-corrected chi connectivity index (χ0v) is 19.2. The van der Waals surface area contributed by atoms with Crippen molar-refractivity contribution in [2.75, 3.05) is 32.5 Å². The van der Waals surface area contributed by atoms with E-state index in [9.17, 15) is 8.42 Å². The molecule has 2 atom stereocenters. The van der Waals surface area contributed by atoms with Crippen LogP contribution < -0.4 is 10.1 Å². The predicted molar refractivity (Wildman–Crippen MR) is 120 cm³/mol. The first kappa shape index (κ1) is 22.9. The summed E-state index contributed by atoms with van der Waals surface area (Å²) in [5.41, 5.74) is 2.58. The number of sulfone groups is 1. The molecule has 3 aliphatic rings. The monoisotopic (exact) mass is 442 g/mol. The standard InChI is InChI=1S/C22H34N2O3S.ClH/c1-16(13-18-5-6-21-20(14-18)9-12-27-21)24(15-17-3-4-17)22(28(2,25)26)19-7-10-23-11-8-19;/h5-6,14,16-17,19,22-23H,3-4,7-13,15H2,1-2H3;1H. The van der Waals surface area contributed by atoms with Crippen LogP contribution in [0.3, 0.4) is 0 Å². The molecular weight excluding hydrogens is 408 g/mol. The Labute approximate surface area is 181 Å². The molecule has 0 radical (unpaired) electrons. The summed E-state index contributed by atoms with van der Waals surface area (Å²) in [6.45, 7) is 5.75. The van der Waals surface area contributed by atoms with Crippen LogP contribution in [0.4, 0.5) is 0 Å². The highest BCUT2D eigenvalue weighted by Crippen LogP contribution is 2.35. The van der Waals surface area contributed by atoms with Crippen molar-refractivity contribution in [3.63, 3.8) is 0 Å². The van der Waals surface area contributed by atoms with Gasteiger partial charge in [-0.3, -0.25) is 4.90 Å². The second-order valence-electron chi connectivity index (χ2n) is 9.04. The fourth-order valence-corrected chi connectivity index (χ4v) is 6.71. The van der Waals surface area contributed by atoms with Crippen molar-refractivity contribution in [3.8, 4) is 5.75 Å². The lowest BCUT2D eigenvalue weighted by atomic mass is 9.95. The van der Waals surface area contributed by atoms with Crippen LogP contribution in [-0.2, 0) is 22.7 Å². The van der Waals surface area contributed by atoms with Crippen LogP contribution in [0.5, 0.6) is 5.75 Å². The number of halogens is 1. The lowest BCUT2D eigenvalue weighted by molar-refractivity contribution is 0.125. The molecule has 1 aromatic rings. The largest absolute Gasteiger partial charge is 0.493 e. The number of rotatable bonds is 8. The van der Waals surface area contributed by atoms with E-state index in [0.29, 0.717) is 5.92 Å². The number of ether oxygens (including phenoxy) is 1. The van der Waals surface area contributed by atoms with Gasteiger partial charge < -0.3 is 10.1 Å². The molecule has 2 aliphatic heterocycles. The highest BCUT2D eigenvalue weighted by molar-refractivity contribution is 7.91. The van der Waals surface area contributed by atoms with Gasteiger partial charge in [-0.25, -0.2) is 8.42 Å². The topological polar surface area (TPSA) is 58.6 Å². The van der Waals surface area contributed by atoms with Crippen molar-refractivity contribution in [2.24, 2.45) is 11.8 Å². The van der Waals surface area contributed by atoms with Crippen LogP contribution in [0.25, 0.3) is 0 Å². The maximum Gasteiger partial charge on any atom is 0.163 e. The van der Waals surface area contributed by atoms with Gasteiger partial charge in [0.25, 0.3) is 0 Å². The van der Waals surface area contributed by atoms with Gasteiger partial charge >= 0.3 is 0 Å². The lowest BCUT2D eigenvalue weighted by Crippen LogP contribution is -2.53. The summed E-state index contributed by atoms with van der Waals surface area (Å²) in [7, 11) is -3.15. The molecule has 2 fully saturated rings. The van der Waals surface area contributed by atoms with Crippen LogP contribution in [0, 0.1) is 11.8 Å². The highest BCUT2D eigenvalue weighted by Gasteiger charge is 2.40. The molecule has 0 aromatic heterocycles. The average Bonchev–Trinajstić information content (AvgIpc) is 3.35. The Kier molecular flexibility index (Phi) is 7.52. The molecule has 2 unspecified atom stereocenters. The minimum absolute atomic E-state index is 0. The fraction of sp³-hybridized carbons (Fsp3) is 0.727. The van der Waals surface area contributed by atoms with E-state index in [4.69, 9.17) is 4.74 Å². The molecule has 4 rings (SSSR count). The first-order valence-electron chi connectivity index (χ1n) is 10.8. The van der Waals surface area contributed by atoms with E-state index < -0.39 is 9.84 Å². The Balaban J connectivity index is 0.00000240. The van der Waals surface area contributed by atoms with Crippen LogP contribution >= 0.6 is 12.4 Å². The van der Waals surface area contributed by atoms with E-state index in [-0.39, 0.29) is 29.7 Å². The number of piperidine rings is 1. The molecule has 2 heterocycles. The number of benzene rings is 1. The van der Waals surface area contributed by atoms with Gasteiger partial charge in [0, 0.05) is 25.3 Å². The van der Waals surface area contributed by atoms with Gasteiger partial charge in [-0.1, -0.05) is 12.1 Å². The molecule has 5 nitrogen and oxygen atoms in total. The van der Waals surface area contributed by atoms with E-state index in [1.54, 1.807) is 0 Å². The van der Waals surface area contributed by atoms with E-state index in [1.165, 1.54) is 30.2 Å². The Morgan fingerprint density at radius 2 is 1.93 bits per heavy atom. The Morgan fingerprint density at radius 1 is 1.21 bits per heavy atom. The maximum absolute atomic E-state index is 12.9. The summed E-state index contributed by atoms with van der Waals surface area (Å²) in [5.74, 6) is 1.91. The van der Waals surface area contributed by atoms with E-state index in [2.05, 4.69) is 35.3 Å². The van der Waals surface area contributed by atoms with Crippen molar-refractivity contribution < 1.29 is 13.2 Å². The number of nitrogens with zero attached hydrogens (tertiary/aromatic N) is 1. The lowest BCUT2D eigenvalue weighted by Gasteiger charge is -2.41. The van der Waals surface area contributed by atoms with Gasteiger partial charge in [0.1, 0.15) is 11.1 Å². The maximum atomic E-state index is 12.9. The van der Waals surface area contributed by atoms with Gasteiger partial charge in [0.05, 0.1) is 6.61 Å². The zero-order valence-electron chi connectivity index (χ0n) is 17.6. The fourth-order valence-electron chi connectivity index (χ4n) is 4.95. The molecule has 0 spiro atoms. The Bertz CT molecular complexity index is 791. The zero-order chi connectivity index (χ0) is 19.7. The molecule has 164 valence electrons. The van der Waals surface area contributed by atoms with E-state index in [0.717, 1.165) is 57.7 Å². The third-order valence-corrected chi connectivity index (χ3v) is 8.10. The quantitative estimate of drug-likeness (QED) is 0.670. The van der Waals surface area contributed by atoms with E-state index >= 15 is 0 Å². The van der Waals surface area contributed by atoms with Crippen molar-refractivity contribution in [3.05, 3.63) is 29.3 Å². The summed E-state index contributed by atoms with van der Waals surface area (Å²) in [4.78, 5) is 2.34. The van der Waals surface area contributed by atoms with Crippen LogP contribution in [0.2, 0.25) is 0 Å². The molecular formula is C22H35ClN2O3S. The van der Waals surface area contributed by atoms with Gasteiger partial charge in [0.15, 0.2) is 9.84 Å². The summed E-state index contributed by atoms with van der Waals surface area (Å²) in [6.07, 6.45) is 7.67. The number of nitrogens with one attached hydrogen (secondary N) is 1. The third kappa shape index (κ3) is 5.66. The SMILES string of the molecule is CC(Cc1ccc2c(c1)CCO2)N(CC1CC1)C(C1CCNCC1)S(C)(=O)=O.Cl. The molecule has 0 amide bonds. The first-order valence-corrected chi connectivity index (χ1v) is 12.8. The normalized spacial score (nSPS) is 21.9. The first-order chi connectivity index (χ1) is 13.4. The highest BCUT2D eigenvalue weighted by atomic mass is 35.5. The predicted octanol–water partition coefficient (Wildman–Crippen LogP) is 3.06. The molecule has 1 aromatic carbocycles. The van der Waals surface area contributed by atoms with Crippen molar-refractivity contribution in [1.29, 1.82) is 0 Å². The molecule has 1 N–H and O–H groups in total. The van der Waals surface area contributed by atoms with Gasteiger partial charge in [-0.05, 0) is 81.1 Å². The van der Waals surface area contributed by atoms with Crippen LogP contribution in [0.1, 0.15) is 43.7 Å². The molecule has 7 heteroatoms. The molecule has 1 aliphatic carbocycles. The summed E-state index contributed by atoms with van der Waals surface area (Å²) >= 11 is 0. The summed E-state index contributed by atoms with van der Waals surface area (Å²) < 4.78 is 31.4. The molecule has 1 saturated heterocycles. The molecule has 0 bridgehead atoms. The van der Waals surface area contributed by atoms with Crippen LogP contribution in [0.15, 0.2) is 18.2 Å². The Hall–Kier alpha value is -0.820. The minimum Gasteiger partial charge on any atom is -0.493 e. The number of hydrogen-bond acceptors (Lipinski definition) is 5. The number of fused-ring (bicyclic) bond motifs is 1. The smallest absolute Gasteiger partial charge is 0.163 e. The second-order valence-corrected chi connectivity index (χ2v) is 11.2. The Morgan fingerprint density at radius 3 is 2.59 bits per heavy atom. The average molecular weight is 443 g/mol.